The van der Waals surface area contributed by atoms with Crippen molar-refractivity contribution in [3.8, 4) is 0 Å². The summed E-state index contributed by atoms with van der Waals surface area (Å²) >= 11 is 0. The van der Waals surface area contributed by atoms with E-state index in [0.717, 1.165) is 5.56 Å². The number of carbonyl (C=O) groups is 2. The minimum Gasteiger partial charge on any atom is -0.358 e. The Morgan fingerprint density at radius 3 is 2.41 bits per heavy atom. The van der Waals surface area contributed by atoms with Crippen LogP contribution in [0.3, 0.4) is 0 Å². The van der Waals surface area contributed by atoms with Crippen molar-refractivity contribution in [1.82, 2.24) is 4.98 Å². The highest BCUT2D eigenvalue weighted by Gasteiger charge is 2.16. The van der Waals surface area contributed by atoms with Gasteiger partial charge >= 0.3 is 0 Å². The van der Waals surface area contributed by atoms with Crippen molar-refractivity contribution in [2.45, 2.75) is 6.92 Å². The molecule has 2 aromatic rings. The highest BCUT2D eigenvalue weighted by Crippen LogP contribution is 2.09. The standard InChI is InChI=1S/C13H12N2O2/c1-9-4-6-10(7-5-9)15-13(17)12(16)11-3-2-8-14-11/h2-8,14H,1H3,(H,15,17). The van der Waals surface area contributed by atoms with Crippen LogP contribution in [0.2, 0.25) is 0 Å². The largest absolute Gasteiger partial charge is 0.358 e. The van der Waals surface area contributed by atoms with Crippen molar-refractivity contribution in [3.63, 3.8) is 0 Å². The van der Waals surface area contributed by atoms with Crippen LogP contribution in [0, 0.1) is 6.92 Å². The molecule has 0 fully saturated rings. The molecule has 1 aromatic carbocycles. The van der Waals surface area contributed by atoms with Crippen LogP contribution in [0.25, 0.3) is 0 Å². The van der Waals surface area contributed by atoms with Crippen LogP contribution in [0.1, 0.15) is 16.1 Å². The van der Waals surface area contributed by atoms with E-state index in [4.69, 9.17) is 0 Å². The van der Waals surface area contributed by atoms with Gasteiger partial charge in [-0.05, 0) is 31.2 Å². The topological polar surface area (TPSA) is 62.0 Å². The maximum Gasteiger partial charge on any atom is 0.298 e. The summed E-state index contributed by atoms with van der Waals surface area (Å²) in [5.74, 6) is -1.22. The number of hydrogen-bond acceptors (Lipinski definition) is 2. The average molecular weight is 228 g/mol. The molecule has 2 N–H and O–H groups in total. The third-order valence-corrected chi connectivity index (χ3v) is 2.36. The summed E-state index contributed by atoms with van der Waals surface area (Å²) in [4.78, 5) is 26.0. The lowest BCUT2D eigenvalue weighted by Crippen LogP contribution is -2.23. The molecule has 0 radical (unpaired) electrons. The van der Waals surface area contributed by atoms with Crippen molar-refractivity contribution in [1.29, 1.82) is 0 Å². The van der Waals surface area contributed by atoms with Crippen LogP contribution in [0.4, 0.5) is 5.69 Å². The molecule has 1 amide bonds. The Bertz CT molecular complexity index is 527. The van der Waals surface area contributed by atoms with E-state index in [9.17, 15) is 9.59 Å². The molecule has 0 saturated carbocycles. The highest BCUT2D eigenvalue weighted by atomic mass is 16.2. The number of ketones is 1. The Kier molecular flexibility index (Phi) is 3.05. The highest BCUT2D eigenvalue weighted by molar-refractivity contribution is 6.46. The minimum absolute atomic E-state index is 0.287. The van der Waals surface area contributed by atoms with Crippen molar-refractivity contribution in [2.75, 3.05) is 5.32 Å². The van der Waals surface area contributed by atoms with E-state index in [0.29, 0.717) is 5.69 Å². The first kappa shape index (κ1) is 11.1. The Hall–Kier alpha value is -2.36. The van der Waals surface area contributed by atoms with Gasteiger partial charge in [-0.3, -0.25) is 9.59 Å². The van der Waals surface area contributed by atoms with E-state index in [2.05, 4.69) is 10.3 Å². The summed E-state index contributed by atoms with van der Waals surface area (Å²) in [6.07, 6.45) is 1.60. The second-order valence-electron chi connectivity index (χ2n) is 3.73. The summed E-state index contributed by atoms with van der Waals surface area (Å²) in [7, 11) is 0. The molecule has 1 heterocycles. The Labute approximate surface area is 98.7 Å². The number of H-pyrrole nitrogens is 1. The van der Waals surface area contributed by atoms with Gasteiger partial charge in [0.25, 0.3) is 11.7 Å². The molecule has 0 spiro atoms. The number of rotatable bonds is 3. The maximum atomic E-state index is 11.6. The first-order valence-electron chi connectivity index (χ1n) is 5.22. The van der Waals surface area contributed by atoms with E-state index >= 15 is 0 Å². The Morgan fingerprint density at radius 1 is 1.12 bits per heavy atom. The van der Waals surface area contributed by atoms with Gasteiger partial charge in [0.05, 0.1) is 5.69 Å². The smallest absolute Gasteiger partial charge is 0.298 e. The van der Waals surface area contributed by atoms with E-state index < -0.39 is 11.7 Å². The van der Waals surface area contributed by atoms with Crippen molar-refractivity contribution in [3.05, 3.63) is 53.9 Å². The Balaban J connectivity index is 2.07. The fourth-order valence-corrected chi connectivity index (χ4v) is 1.42. The number of anilines is 1. The summed E-state index contributed by atoms with van der Waals surface area (Å²) < 4.78 is 0. The molecule has 4 nitrogen and oxygen atoms in total. The van der Waals surface area contributed by atoms with Gasteiger partial charge in [0, 0.05) is 11.9 Å². The summed E-state index contributed by atoms with van der Waals surface area (Å²) in [6.45, 7) is 1.95. The van der Waals surface area contributed by atoms with E-state index in [1.54, 1.807) is 30.5 Å². The molecule has 0 atom stereocenters. The van der Waals surface area contributed by atoms with Gasteiger partial charge in [0.2, 0.25) is 0 Å². The fraction of sp³-hybridized carbons (Fsp3) is 0.0769. The lowest BCUT2D eigenvalue weighted by molar-refractivity contribution is -0.112. The zero-order valence-corrected chi connectivity index (χ0v) is 9.36. The number of hydrogen-bond donors (Lipinski definition) is 2. The van der Waals surface area contributed by atoms with Gasteiger partial charge in [0.1, 0.15) is 0 Å². The number of aromatic nitrogens is 1. The molecule has 0 aliphatic carbocycles. The third-order valence-electron chi connectivity index (χ3n) is 2.36. The zero-order valence-electron chi connectivity index (χ0n) is 9.36. The van der Waals surface area contributed by atoms with E-state index in [-0.39, 0.29) is 5.69 Å². The minimum atomic E-state index is -0.642. The van der Waals surface area contributed by atoms with Crippen LogP contribution in [0.5, 0.6) is 0 Å². The zero-order chi connectivity index (χ0) is 12.3. The number of benzene rings is 1. The Morgan fingerprint density at radius 2 is 1.82 bits per heavy atom. The molecule has 0 aliphatic rings. The average Bonchev–Trinajstić information content (AvgIpc) is 2.84. The lowest BCUT2D eigenvalue weighted by Gasteiger charge is -2.03. The third kappa shape index (κ3) is 2.60. The van der Waals surface area contributed by atoms with Crippen LogP contribution in [-0.2, 0) is 4.79 Å². The van der Waals surface area contributed by atoms with Crippen LogP contribution < -0.4 is 5.32 Å². The number of nitrogens with one attached hydrogen (secondary N) is 2. The number of aryl methyl sites for hydroxylation is 1. The second-order valence-corrected chi connectivity index (χ2v) is 3.73. The monoisotopic (exact) mass is 228 g/mol. The first-order chi connectivity index (χ1) is 8.16. The van der Waals surface area contributed by atoms with Crippen molar-refractivity contribution in [2.24, 2.45) is 0 Å². The van der Waals surface area contributed by atoms with E-state index in [1.165, 1.54) is 0 Å². The predicted octanol–water partition coefficient (Wildman–Crippen LogP) is 2.14. The number of carbonyl (C=O) groups excluding carboxylic acids is 2. The van der Waals surface area contributed by atoms with Gasteiger partial charge in [0.15, 0.2) is 0 Å². The summed E-state index contributed by atoms with van der Waals surface area (Å²) in [5.41, 5.74) is 1.99. The van der Waals surface area contributed by atoms with Crippen molar-refractivity contribution < 1.29 is 9.59 Å². The quantitative estimate of drug-likeness (QED) is 0.624. The molecule has 86 valence electrons. The summed E-state index contributed by atoms with van der Waals surface area (Å²) in [6, 6.07) is 10.5. The second kappa shape index (κ2) is 4.65. The predicted molar refractivity (Wildman–Crippen MR) is 64.9 cm³/mol. The molecular formula is C13H12N2O2. The molecule has 17 heavy (non-hydrogen) atoms. The van der Waals surface area contributed by atoms with Crippen LogP contribution >= 0.6 is 0 Å². The van der Waals surface area contributed by atoms with Crippen LogP contribution in [-0.4, -0.2) is 16.7 Å². The van der Waals surface area contributed by atoms with Crippen molar-refractivity contribution >= 4 is 17.4 Å². The first-order valence-corrected chi connectivity index (χ1v) is 5.22. The summed E-state index contributed by atoms with van der Waals surface area (Å²) in [5, 5.41) is 2.55. The normalized spacial score (nSPS) is 9.94. The maximum absolute atomic E-state index is 11.6. The molecule has 0 bridgehead atoms. The van der Waals surface area contributed by atoms with Gasteiger partial charge in [-0.2, -0.15) is 0 Å². The molecular weight excluding hydrogens is 216 g/mol. The SMILES string of the molecule is Cc1ccc(NC(=O)C(=O)c2ccc[nH]2)cc1. The van der Waals surface area contributed by atoms with Gasteiger partial charge in [-0.15, -0.1) is 0 Å². The van der Waals surface area contributed by atoms with Gasteiger partial charge < -0.3 is 10.3 Å². The number of Topliss-reactive ketones (excluding diaryl/α,β-unsaturated/α-hetero) is 1. The fourth-order valence-electron chi connectivity index (χ4n) is 1.42. The number of aromatic amines is 1. The number of amides is 1. The molecule has 0 saturated heterocycles. The molecule has 4 heteroatoms. The molecule has 1 aromatic heterocycles. The van der Waals surface area contributed by atoms with Crippen LogP contribution in [0.15, 0.2) is 42.6 Å². The lowest BCUT2D eigenvalue weighted by atomic mass is 10.2. The van der Waals surface area contributed by atoms with Gasteiger partial charge in [-0.25, -0.2) is 0 Å². The molecule has 0 unspecified atom stereocenters. The van der Waals surface area contributed by atoms with E-state index in [1.807, 2.05) is 19.1 Å². The molecule has 0 aliphatic heterocycles. The molecule has 2 rings (SSSR count). The van der Waals surface area contributed by atoms with Gasteiger partial charge in [-0.1, -0.05) is 17.7 Å².